The fourth-order valence-electron chi connectivity index (χ4n) is 2.51. The van der Waals surface area contributed by atoms with E-state index in [0.29, 0.717) is 10.6 Å². The molecule has 124 valence electrons. The third-order valence-electron chi connectivity index (χ3n) is 4.05. The highest BCUT2D eigenvalue weighted by Gasteiger charge is 2.21. The smallest absolute Gasteiger partial charge is 0.264 e. The van der Waals surface area contributed by atoms with Crippen molar-refractivity contribution in [1.82, 2.24) is 0 Å². The molecule has 24 heavy (non-hydrogen) atoms. The van der Waals surface area contributed by atoms with Gasteiger partial charge in [-0.25, -0.2) is 8.42 Å². The number of aryl methyl sites for hydroxylation is 2. The first-order valence-corrected chi connectivity index (χ1v) is 9.92. The lowest BCUT2D eigenvalue weighted by Crippen LogP contribution is -2.26. The molecule has 0 fully saturated rings. The van der Waals surface area contributed by atoms with Gasteiger partial charge in [0.05, 0.1) is 10.6 Å². The van der Waals surface area contributed by atoms with Gasteiger partial charge in [-0.1, -0.05) is 29.8 Å². The SMILES string of the molecule is Cc1ccc(S(=O)(=O)N(C)c2ccc(C)c(-c3cccs3)c2)cc1. The van der Waals surface area contributed by atoms with E-state index in [-0.39, 0.29) is 0 Å². The molecule has 0 spiro atoms. The zero-order valence-corrected chi connectivity index (χ0v) is 15.5. The Balaban J connectivity index is 2.02. The number of hydrogen-bond donors (Lipinski definition) is 0. The van der Waals surface area contributed by atoms with E-state index >= 15 is 0 Å². The van der Waals surface area contributed by atoms with Crippen LogP contribution in [0.5, 0.6) is 0 Å². The first kappa shape index (κ1) is 16.7. The van der Waals surface area contributed by atoms with Crippen molar-refractivity contribution in [2.24, 2.45) is 0 Å². The molecule has 0 aliphatic rings. The van der Waals surface area contributed by atoms with Crippen LogP contribution in [-0.4, -0.2) is 15.5 Å². The first-order chi connectivity index (χ1) is 11.4. The Morgan fingerprint density at radius 2 is 1.67 bits per heavy atom. The molecule has 3 nitrogen and oxygen atoms in total. The standard InChI is InChI=1S/C19H19NO2S2/c1-14-6-10-17(11-7-14)24(21,22)20(3)16-9-8-15(2)18(13-16)19-5-4-12-23-19/h4-13H,1-3H3. The quantitative estimate of drug-likeness (QED) is 0.669. The average molecular weight is 358 g/mol. The summed E-state index contributed by atoms with van der Waals surface area (Å²) < 4.78 is 27.1. The number of rotatable bonds is 4. The van der Waals surface area contributed by atoms with Crippen LogP contribution in [0.25, 0.3) is 10.4 Å². The second-order valence-electron chi connectivity index (χ2n) is 5.76. The molecule has 1 heterocycles. The van der Waals surface area contributed by atoms with Crippen LogP contribution in [0.4, 0.5) is 5.69 Å². The molecule has 0 amide bonds. The summed E-state index contributed by atoms with van der Waals surface area (Å²) in [6.07, 6.45) is 0. The lowest BCUT2D eigenvalue weighted by molar-refractivity contribution is 0.594. The zero-order valence-electron chi connectivity index (χ0n) is 13.9. The second kappa shape index (κ2) is 6.42. The molecule has 0 N–H and O–H groups in total. The van der Waals surface area contributed by atoms with E-state index < -0.39 is 10.0 Å². The predicted molar refractivity (Wildman–Crippen MR) is 101 cm³/mol. The summed E-state index contributed by atoms with van der Waals surface area (Å²) in [4.78, 5) is 1.43. The predicted octanol–water partition coefficient (Wildman–Crippen LogP) is 4.86. The second-order valence-corrected chi connectivity index (χ2v) is 8.68. The van der Waals surface area contributed by atoms with Crippen molar-refractivity contribution in [3.8, 4) is 10.4 Å². The van der Waals surface area contributed by atoms with Crippen LogP contribution in [0.1, 0.15) is 11.1 Å². The Morgan fingerprint density at radius 3 is 2.29 bits per heavy atom. The van der Waals surface area contributed by atoms with E-state index in [9.17, 15) is 8.42 Å². The summed E-state index contributed by atoms with van der Waals surface area (Å²) in [6, 6.07) is 16.7. The summed E-state index contributed by atoms with van der Waals surface area (Å²) in [5, 5.41) is 2.02. The summed E-state index contributed by atoms with van der Waals surface area (Å²) in [6.45, 7) is 3.97. The Labute approximate surface area is 147 Å². The molecular weight excluding hydrogens is 338 g/mol. The number of anilines is 1. The molecule has 3 aromatic rings. The number of sulfonamides is 1. The molecule has 5 heteroatoms. The Hall–Kier alpha value is -2.11. The molecule has 0 saturated carbocycles. The zero-order chi connectivity index (χ0) is 17.3. The minimum atomic E-state index is -3.57. The third kappa shape index (κ3) is 3.09. The third-order valence-corrected chi connectivity index (χ3v) is 6.75. The number of hydrogen-bond acceptors (Lipinski definition) is 3. The molecule has 0 saturated heterocycles. The van der Waals surface area contributed by atoms with E-state index in [4.69, 9.17) is 0 Å². The molecule has 0 radical (unpaired) electrons. The van der Waals surface area contributed by atoms with Crippen molar-refractivity contribution in [2.75, 3.05) is 11.4 Å². The van der Waals surface area contributed by atoms with Crippen LogP contribution in [-0.2, 0) is 10.0 Å². The van der Waals surface area contributed by atoms with Crippen LogP contribution in [0, 0.1) is 13.8 Å². The highest BCUT2D eigenvalue weighted by Crippen LogP contribution is 2.32. The fraction of sp³-hybridized carbons (Fsp3) is 0.158. The van der Waals surface area contributed by atoms with Gasteiger partial charge in [-0.3, -0.25) is 4.31 Å². The summed E-state index contributed by atoms with van der Waals surface area (Å²) >= 11 is 1.65. The van der Waals surface area contributed by atoms with Gasteiger partial charge < -0.3 is 0 Å². The van der Waals surface area contributed by atoms with Gasteiger partial charge in [0.25, 0.3) is 10.0 Å². The number of benzene rings is 2. The fourth-order valence-corrected chi connectivity index (χ4v) is 4.51. The van der Waals surface area contributed by atoms with Crippen molar-refractivity contribution in [3.05, 3.63) is 71.1 Å². The molecule has 0 aliphatic heterocycles. The van der Waals surface area contributed by atoms with Crippen LogP contribution in [0.15, 0.2) is 64.9 Å². The lowest BCUT2D eigenvalue weighted by Gasteiger charge is -2.21. The monoisotopic (exact) mass is 357 g/mol. The van der Waals surface area contributed by atoms with Crippen molar-refractivity contribution in [2.45, 2.75) is 18.7 Å². The molecule has 0 unspecified atom stereocenters. The Morgan fingerprint density at radius 1 is 0.958 bits per heavy atom. The van der Waals surface area contributed by atoms with E-state index in [0.717, 1.165) is 21.6 Å². The van der Waals surface area contributed by atoms with Gasteiger partial charge in [0, 0.05) is 11.9 Å². The van der Waals surface area contributed by atoms with Gasteiger partial charge in [-0.05, 0) is 60.7 Å². The Bertz CT molecular complexity index is 944. The molecule has 2 aromatic carbocycles. The highest BCUT2D eigenvalue weighted by molar-refractivity contribution is 7.92. The molecule has 1 aromatic heterocycles. The van der Waals surface area contributed by atoms with Crippen molar-refractivity contribution in [3.63, 3.8) is 0 Å². The number of nitrogens with zero attached hydrogens (tertiary/aromatic N) is 1. The van der Waals surface area contributed by atoms with Crippen LogP contribution < -0.4 is 4.31 Å². The Kier molecular flexibility index (Phi) is 4.47. The summed E-state index contributed by atoms with van der Waals surface area (Å²) in [5.41, 5.74) is 3.88. The van der Waals surface area contributed by atoms with Gasteiger partial charge >= 0.3 is 0 Å². The maximum Gasteiger partial charge on any atom is 0.264 e. The minimum Gasteiger partial charge on any atom is -0.269 e. The molecular formula is C19H19NO2S2. The van der Waals surface area contributed by atoms with Crippen LogP contribution in [0.2, 0.25) is 0 Å². The topological polar surface area (TPSA) is 37.4 Å². The maximum atomic E-state index is 12.9. The maximum absolute atomic E-state index is 12.9. The van der Waals surface area contributed by atoms with Crippen molar-refractivity contribution >= 4 is 27.0 Å². The van der Waals surface area contributed by atoms with Gasteiger partial charge in [-0.15, -0.1) is 11.3 Å². The van der Waals surface area contributed by atoms with Crippen LogP contribution >= 0.6 is 11.3 Å². The summed E-state index contributed by atoms with van der Waals surface area (Å²) in [5.74, 6) is 0. The number of thiophene rings is 1. The van der Waals surface area contributed by atoms with E-state index in [1.807, 2.05) is 61.7 Å². The average Bonchev–Trinajstić information content (AvgIpc) is 3.09. The van der Waals surface area contributed by atoms with Gasteiger partial charge in [0.2, 0.25) is 0 Å². The summed E-state index contributed by atoms with van der Waals surface area (Å²) in [7, 11) is -1.98. The normalized spacial score (nSPS) is 11.5. The first-order valence-electron chi connectivity index (χ1n) is 7.60. The minimum absolute atomic E-state index is 0.300. The highest BCUT2D eigenvalue weighted by atomic mass is 32.2. The lowest BCUT2D eigenvalue weighted by atomic mass is 10.1. The van der Waals surface area contributed by atoms with Gasteiger partial charge in [0.1, 0.15) is 0 Å². The molecule has 0 aliphatic carbocycles. The largest absolute Gasteiger partial charge is 0.269 e. The van der Waals surface area contributed by atoms with E-state index in [1.165, 1.54) is 4.31 Å². The molecule has 0 atom stereocenters. The van der Waals surface area contributed by atoms with Crippen LogP contribution in [0.3, 0.4) is 0 Å². The molecule has 0 bridgehead atoms. The van der Waals surface area contributed by atoms with Gasteiger partial charge in [0.15, 0.2) is 0 Å². The van der Waals surface area contributed by atoms with E-state index in [1.54, 1.807) is 30.5 Å². The van der Waals surface area contributed by atoms with E-state index in [2.05, 4.69) is 0 Å². The molecule has 3 rings (SSSR count). The van der Waals surface area contributed by atoms with Crippen molar-refractivity contribution in [1.29, 1.82) is 0 Å². The van der Waals surface area contributed by atoms with Gasteiger partial charge in [-0.2, -0.15) is 0 Å². The van der Waals surface area contributed by atoms with Crippen molar-refractivity contribution < 1.29 is 8.42 Å².